The molecule has 1 amide bonds. The maximum absolute atomic E-state index is 10.5. The van der Waals surface area contributed by atoms with E-state index in [1.54, 1.807) is 12.1 Å². The summed E-state index contributed by atoms with van der Waals surface area (Å²) in [6, 6.07) is 5.36. The molecule has 0 unspecified atom stereocenters. The molecule has 0 aliphatic carbocycles. The largest absolute Gasteiger partial charge is 0.465 e. The van der Waals surface area contributed by atoms with Crippen LogP contribution in [0, 0.1) is 3.57 Å². The zero-order valence-electron chi connectivity index (χ0n) is 7.87. The van der Waals surface area contributed by atoms with Crippen LogP contribution in [0.3, 0.4) is 0 Å². The molecule has 0 heterocycles. The van der Waals surface area contributed by atoms with Crippen molar-refractivity contribution in [3.63, 3.8) is 0 Å². The van der Waals surface area contributed by atoms with Crippen LogP contribution in [0.4, 0.5) is 4.79 Å². The van der Waals surface area contributed by atoms with Crippen molar-refractivity contribution >= 4 is 35.0 Å². The van der Waals surface area contributed by atoms with Crippen LogP contribution in [0.15, 0.2) is 18.2 Å². The normalized spacial score (nSPS) is 9.67. The van der Waals surface area contributed by atoms with Crippen molar-refractivity contribution in [2.24, 2.45) is 0 Å². The van der Waals surface area contributed by atoms with Gasteiger partial charge >= 0.3 is 6.09 Å². The van der Waals surface area contributed by atoms with E-state index < -0.39 is 6.09 Å². The number of carbonyl (C=O) groups excluding carboxylic acids is 1. The molecule has 0 aliphatic heterocycles. The van der Waals surface area contributed by atoms with Crippen molar-refractivity contribution in [3.05, 3.63) is 32.9 Å². The molecule has 1 aromatic rings. The summed E-state index contributed by atoms with van der Waals surface area (Å²) in [5.74, 6) is 0. The molecular weight excluding hydrogens is 309 g/mol. The van der Waals surface area contributed by atoms with E-state index in [2.05, 4.69) is 27.9 Å². The standard InChI is InChI=1S/C10H10INO3/c11-9-2-1-7(6-13)5-8(9)3-4-12-10(14)15/h1-2,5-6,12H,3-4H2,(H,14,15). The van der Waals surface area contributed by atoms with Crippen LogP contribution in [0.1, 0.15) is 15.9 Å². The summed E-state index contributed by atoms with van der Waals surface area (Å²) in [4.78, 5) is 20.8. The summed E-state index contributed by atoms with van der Waals surface area (Å²) in [6.45, 7) is 0.355. The minimum atomic E-state index is -1.03. The second-order valence-electron chi connectivity index (χ2n) is 2.95. The number of amides is 1. The third kappa shape index (κ3) is 3.86. The molecule has 0 spiro atoms. The lowest BCUT2D eigenvalue weighted by Gasteiger charge is -2.05. The van der Waals surface area contributed by atoms with E-state index in [1.807, 2.05) is 6.07 Å². The topological polar surface area (TPSA) is 66.4 Å². The van der Waals surface area contributed by atoms with Crippen molar-refractivity contribution in [1.29, 1.82) is 0 Å². The van der Waals surface area contributed by atoms with Gasteiger partial charge in [-0.05, 0) is 46.7 Å². The number of benzene rings is 1. The van der Waals surface area contributed by atoms with Gasteiger partial charge in [0.15, 0.2) is 0 Å². The van der Waals surface area contributed by atoms with Gasteiger partial charge in [0.25, 0.3) is 0 Å². The highest BCUT2D eigenvalue weighted by Gasteiger charge is 2.02. The second-order valence-corrected chi connectivity index (χ2v) is 4.11. The van der Waals surface area contributed by atoms with Gasteiger partial charge in [-0.2, -0.15) is 0 Å². The third-order valence-corrected chi connectivity index (χ3v) is 2.93. The van der Waals surface area contributed by atoms with Gasteiger partial charge in [0.1, 0.15) is 6.29 Å². The predicted octanol–water partition coefficient (Wildman–Crippen LogP) is 1.91. The highest BCUT2D eigenvalue weighted by Crippen LogP contribution is 2.14. The average molecular weight is 319 g/mol. The molecule has 0 aliphatic rings. The summed E-state index contributed by atoms with van der Waals surface area (Å²) in [7, 11) is 0. The van der Waals surface area contributed by atoms with Gasteiger partial charge in [0, 0.05) is 15.7 Å². The minimum absolute atomic E-state index is 0.355. The lowest BCUT2D eigenvalue weighted by atomic mass is 10.1. The van der Waals surface area contributed by atoms with Gasteiger partial charge in [-0.3, -0.25) is 4.79 Å². The highest BCUT2D eigenvalue weighted by atomic mass is 127. The van der Waals surface area contributed by atoms with Crippen molar-refractivity contribution in [2.75, 3.05) is 6.54 Å². The zero-order chi connectivity index (χ0) is 11.3. The minimum Gasteiger partial charge on any atom is -0.465 e. The van der Waals surface area contributed by atoms with Crippen molar-refractivity contribution in [3.8, 4) is 0 Å². The first-order valence-electron chi connectivity index (χ1n) is 4.34. The third-order valence-electron chi connectivity index (χ3n) is 1.88. The monoisotopic (exact) mass is 319 g/mol. The van der Waals surface area contributed by atoms with E-state index in [0.29, 0.717) is 18.5 Å². The predicted molar refractivity (Wildman–Crippen MR) is 64.3 cm³/mol. The van der Waals surface area contributed by atoms with Gasteiger partial charge in [0.05, 0.1) is 0 Å². The molecule has 0 aromatic heterocycles. The number of carboxylic acid groups (broad SMARTS) is 1. The van der Waals surface area contributed by atoms with Crippen LogP contribution in [0.5, 0.6) is 0 Å². The molecule has 4 nitrogen and oxygen atoms in total. The van der Waals surface area contributed by atoms with Gasteiger partial charge < -0.3 is 10.4 Å². The maximum Gasteiger partial charge on any atom is 0.404 e. The number of aldehydes is 1. The Balaban J connectivity index is 2.66. The van der Waals surface area contributed by atoms with Crippen LogP contribution in [0.2, 0.25) is 0 Å². The zero-order valence-corrected chi connectivity index (χ0v) is 10.0. The Morgan fingerprint density at radius 2 is 2.27 bits per heavy atom. The molecule has 1 aromatic carbocycles. The van der Waals surface area contributed by atoms with Gasteiger partial charge in [-0.1, -0.05) is 6.07 Å². The molecule has 0 atom stereocenters. The van der Waals surface area contributed by atoms with E-state index >= 15 is 0 Å². The average Bonchev–Trinajstić information content (AvgIpc) is 2.20. The van der Waals surface area contributed by atoms with Crippen LogP contribution < -0.4 is 5.32 Å². The number of hydrogen-bond donors (Lipinski definition) is 2. The first kappa shape index (κ1) is 12.0. The Morgan fingerprint density at radius 3 is 2.87 bits per heavy atom. The molecule has 0 saturated carbocycles. The smallest absolute Gasteiger partial charge is 0.404 e. The Hall–Kier alpha value is -1.11. The van der Waals surface area contributed by atoms with E-state index in [4.69, 9.17) is 5.11 Å². The van der Waals surface area contributed by atoms with E-state index in [9.17, 15) is 9.59 Å². The molecule has 0 bridgehead atoms. The first-order chi connectivity index (χ1) is 7.13. The van der Waals surface area contributed by atoms with Crippen LogP contribution in [-0.2, 0) is 6.42 Å². The fourth-order valence-corrected chi connectivity index (χ4v) is 1.77. The van der Waals surface area contributed by atoms with Crippen molar-refractivity contribution < 1.29 is 14.7 Å². The van der Waals surface area contributed by atoms with Crippen LogP contribution >= 0.6 is 22.6 Å². The van der Waals surface area contributed by atoms with E-state index in [1.165, 1.54) is 0 Å². The molecule has 2 N–H and O–H groups in total. The quantitative estimate of drug-likeness (QED) is 0.658. The summed E-state index contributed by atoms with van der Waals surface area (Å²) in [6.07, 6.45) is 0.341. The summed E-state index contributed by atoms with van der Waals surface area (Å²) in [5.41, 5.74) is 1.59. The summed E-state index contributed by atoms with van der Waals surface area (Å²) in [5, 5.41) is 10.7. The van der Waals surface area contributed by atoms with Crippen molar-refractivity contribution in [2.45, 2.75) is 6.42 Å². The molecule has 0 radical (unpaired) electrons. The van der Waals surface area contributed by atoms with Gasteiger partial charge in [0.2, 0.25) is 0 Å². The molecule has 0 fully saturated rings. The van der Waals surface area contributed by atoms with Crippen molar-refractivity contribution in [1.82, 2.24) is 5.32 Å². The summed E-state index contributed by atoms with van der Waals surface area (Å²) >= 11 is 2.16. The van der Waals surface area contributed by atoms with E-state index in [-0.39, 0.29) is 0 Å². The Bertz CT molecular complexity index is 379. The lowest BCUT2D eigenvalue weighted by molar-refractivity contribution is 0.112. The lowest BCUT2D eigenvalue weighted by Crippen LogP contribution is -2.23. The van der Waals surface area contributed by atoms with Gasteiger partial charge in [-0.15, -0.1) is 0 Å². The Morgan fingerprint density at radius 1 is 1.53 bits per heavy atom. The molecule has 15 heavy (non-hydrogen) atoms. The number of nitrogens with one attached hydrogen (secondary N) is 1. The van der Waals surface area contributed by atoms with Gasteiger partial charge in [-0.25, -0.2) is 4.79 Å². The Kier molecular flexibility index (Phi) is 4.54. The molecule has 5 heteroatoms. The number of halogens is 1. The second kappa shape index (κ2) is 5.69. The molecule has 80 valence electrons. The maximum atomic E-state index is 10.5. The van der Waals surface area contributed by atoms with Crippen LogP contribution in [0.25, 0.3) is 0 Å². The SMILES string of the molecule is O=Cc1ccc(I)c(CCNC(=O)O)c1. The molecule has 0 saturated heterocycles. The molecular formula is C10H10INO3. The fraction of sp³-hybridized carbons (Fsp3) is 0.200. The fourth-order valence-electron chi connectivity index (χ4n) is 1.16. The highest BCUT2D eigenvalue weighted by molar-refractivity contribution is 14.1. The first-order valence-corrected chi connectivity index (χ1v) is 5.41. The summed E-state index contributed by atoms with van der Waals surface area (Å²) < 4.78 is 1.03. The Labute approximate surface area is 101 Å². The number of carbonyl (C=O) groups is 2. The van der Waals surface area contributed by atoms with Crippen LogP contribution in [-0.4, -0.2) is 24.0 Å². The molecule has 1 rings (SSSR count). The van der Waals surface area contributed by atoms with E-state index in [0.717, 1.165) is 15.4 Å². The number of hydrogen-bond acceptors (Lipinski definition) is 2. The number of rotatable bonds is 4.